The summed E-state index contributed by atoms with van der Waals surface area (Å²) < 4.78 is 0. The van der Waals surface area contributed by atoms with Crippen molar-refractivity contribution in [3.63, 3.8) is 0 Å². The Hall–Kier alpha value is -9.36. The molecule has 9 aromatic carbocycles. The van der Waals surface area contributed by atoms with Crippen LogP contribution in [-0.2, 0) is 0 Å². The third-order valence-corrected chi connectivity index (χ3v) is 20.4. The first-order valence-corrected chi connectivity index (χ1v) is 37.1. The van der Waals surface area contributed by atoms with Crippen LogP contribution in [0.1, 0.15) is 153 Å². The smallest absolute Gasteiger partial charge is 0.116 e. The molecule has 3 heterocycles. The van der Waals surface area contributed by atoms with Gasteiger partial charge in [-0.2, -0.15) is 0 Å². The van der Waals surface area contributed by atoms with Crippen molar-refractivity contribution in [2.75, 3.05) is 77.1 Å². The van der Waals surface area contributed by atoms with E-state index in [4.69, 9.17) is 0 Å². The molecular weight excluding hydrogens is 1260 g/mol. The van der Waals surface area contributed by atoms with Gasteiger partial charge < -0.3 is 35.5 Å². The van der Waals surface area contributed by atoms with E-state index < -0.39 is 0 Å². The Kier molecular flexibility index (Phi) is 26.8. The molecule has 13 rings (SSSR count). The SMILES string of the molecule is CC(C)N1CC=C(c2ccc(/C(=C(/CCCO)c3ccccc3)c3ccc(O)cc3)cc2)CC1.CC(C)N1CC=C(c2ccc(/C(=C(/CCCO)c3ccccc3)c3cccc(O)c3)cc2)CC1.OCCC/C(=C(/c1ccc(N2CCN(C3CC3)CC2)cc1)c1cccc(O)c1)c1ccccc1. The van der Waals surface area contributed by atoms with Crippen molar-refractivity contribution in [2.24, 2.45) is 0 Å². The summed E-state index contributed by atoms with van der Waals surface area (Å²) in [4.78, 5) is 10.1. The third kappa shape index (κ3) is 19.8. The average molecular weight is 1360 g/mol. The molecule has 10 heteroatoms. The van der Waals surface area contributed by atoms with E-state index in [1.807, 2.05) is 66.7 Å². The van der Waals surface area contributed by atoms with Gasteiger partial charge in [0.1, 0.15) is 17.2 Å². The van der Waals surface area contributed by atoms with Gasteiger partial charge in [-0.1, -0.05) is 200 Å². The molecule has 0 aromatic heterocycles. The number of hydrogen-bond acceptors (Lipinski definition) is 10. The van der Waals surface area contributed by atoms with Crippen LogP contribution in [0.2, 0.25) is 0 Å². The van der Waals surface area contributed by atoms with Crippen LogP contribution >= 0.6 is 0 Å². The molecule has 9 aromatic rings. The number of piperazine rings is 1. The van der Waals surface area contributed by atoms with Crippen molar-refractivity contribution in [1.82, 2.24) is 14.7 Å². The van der Waals surface area contributed by atoms with Crippen molar-refractivity contribution in [3.05, 3.63) is 310 Å². The molecule has 0 atom stereocenters. The maximum absolute atomic E-state index is 10.2. The first-order valence-electron chi connectivity index (χ1n) is 37.1. The van der Waals surface area contributed by atoms with Gasteiger partial charge in [0.25, 0.3) is 0 Å². The topological polar surface area (TPSA) is 134 Å². The van der Waals surface area contributed by atoms with Crippen LogP contribution in [0.25, 0.3) is 44.6 Å². The second-order valence-corrected chi connectivity index (χ2v) is 27.9. The predicted octanol–water partition coefficient (Wildman–Crippen LogP) is 18.7. The molecule has 2 fully saturated rings. The molecule has 3 aliphatic heterocycles. The normalized spacial score (nSPS) is 16.0. The second kappa shape index (κ2) is 37.0. The zero-order valence-electron chi connectivity index (χ0n) is 60.2. The van der Waals surface area contributed by atoms with Crippen LogP contribution in [0, 0.1) is 0 Å². The van der Waals surface area contributed by atoms with Crippen LogP contribution in [0.5, 0.6) is 17.2 Å². The Morgan fingerprint density at radius 3 is 1.02 bits per heavy atom. The molecular formula is C92H104N4O6. The van der Waals surface area contributed by atoms with E-state index in [9.17, 15) is 30.6 Å². The van der Waals surface area contributed by atoms with Crippen molar-refractivity contribution < 1.29 is 30.6 Å². The first kappa shape index (κ1) is 73.8. The highest BCUT2D eigenvalue weighted by atomic mass is 16.3. The molecule has 0 amide bonds. The highest BCUT2D eigenvalue weighted by Crippen LogP contribution is 2.41. The molecule has 528 valence electrons. The quantitative estimate of drug-likeness (QED) is 0.0325. The largest absolute Gasteiger partial charge is 0.508 e. The molecule has 6 N–H and O–H groups in total. The lowest BCUT2D eigenvalue weighted by atomic mass is 9.86. The third-order valence-electron chi connectivity index (χ3n) is 20.4. The van der Waals surface area contributed by atoms with E-state index in [2.05, 4.69) is 205 Å². The average Bonchev–Trinajstić information content (AvgIpc) is 0.838. The number of aromatic hydroxyl groups is 3. The number of nitrogens with zero attached hydrogens (tertiary/aromatic N) is 4. The highest BCUT2D eigenvalue weighted by molar-refractivity contribution is 6.01. The van der Waals surface area contributed by atoms with Gasteiger partial charge in [-0.3, -0.25) is 14.7 Å². The zero-order chi connectivity index (χ0) is 71.2. The molecule has 0 spiro atoms. The van der Waals surface area contributed by atoms with Crippen LogP contribution in [-0.4, -0.2) is 136 Å². The number of allylic oxidation sites excluding steroid dienone is 3. The van der Waals surface area contributed by atoms with Gasteiger partial charge in [-0.25, -0.2) is 0 Å². The fraction of sp³-hybridized carbons (Fsp3) is 0.304. The Balaban J connectivity index is 0.000000154. The lowest BCUT2D eigenvalue weighted by Gasteiger charge is -2.36. The fourth-order valence-corrected chi connectivity index (χ4v) is 14.6. The Labute approximate surface area is 606 Å². The number of phenols is 3. The van der Waals surface area contributed by atoms with E-state index in [1.54, 1.807) is 24.3 Å². The van der Waals surface area contributed by atoms with Crippen molar-refractivity contribution >= 4 is 50.3 Å². The molecule has 0 bridgehead atoms. The fourth-order valence-electron chi connectivity index (χ4n) is 14.6. The Morgan fingerprint density at radius 1 is 0.353 bits per heavy atom. The number of phenolic OH excluding ortho intramolecular Hbond substituents is 3. The minimum atomic E-state index is 0.143. The van der Waals surface area contributed by atoms with Crippen molar-refractivity contribution in [2.45, 2.75) is 110 Å². The Bertz CT molecular complexity index is 4260. The summed E-state index contributed by atoms with van der Waals surface area (Å²) in [5, 5.41) is 59.1. The van der Waals surface area contributed by atoms with Crippen LogP contribution in [0.4, 0.5) is 5.69 Å². The minimum absolute atomic E-state index is 0.143. The summed E-state index contributed by atoms with van der Waals surface area (Å²) in [6, 6.07) is 82.2. The number of anilines is 1. The van der Waals surface area contributed by atoms with E-state index >= 15 is 0 Å². The van der Waals surface area contributed by atoms with Crippen LogP contribution in [0.15, 0.2) is 249 Å². The number of aliphatic hydroxyl groups is 3. The molecule has 102 heavy (non-hydrogen) atoms. The number of rotatable bonds is 24. The molecule has 1 saturated heterocycles. The van der Waals surface area contributed by atoms with E-state index in [0.29, 0.717) is 31.3 Å². The zero-order valence-corrected chi connectivity index (χ0v) is 60.2. The monoisotopic (exact) mass is 1360 g/mol. The number of hydrogen-bond donors (Lipinski definition) is 6. The molecule has 1 saturated carbocycles. The van der Waals surface area contributed by atoms with Gasteiger partial charge in [-0.15, -0.1) is 0 Å². The molecule has 0 unspecified atom stereocenters. The maximum atomic E-state index is 10.2. The van der Waals surface area contributed by atoms with E-state index in [-0.39, 0.29) is 37.1 Å². The standard InChI is InChI=1S/2C31H35NO2.C30H34N2O2/c1-23(2)32-19-17-25(18-20-32)24-13-15-27(16-14-24)31(28-10-6-11-29(34)22-28)30(12-7-21-33)26-8-4-3-5-9-26;1-23(2)32-20-18-25(19-21-32)24-10-12-27(13-11-24)31(28-14-16-29(34)17-15-28)30(9-6-22-33)26-7-4-3-5-8-26;33-21-5-10-29(23-6-2-1-3-7-23)30(25-8-4-9-28(34)22-25)24-11-13-26(14-12-24)31-17-19-32(20-18-31)27-15-16-27/h3-6,8-11,13-17,22-23,33-34H,7,12,18-21H2,1-2H3;3-5,7-8,10-18,23,33-34H,6,9,19-22H2,1-2H3;1-4,6-9,11-14,22,27,33-34H,5,10,15-21H2/b2*31-30+;30-29+. The molecule has 1 aliphatic carbocycles. The summed E-state index contributed by atoms with van der Waals surface area (Å²) in [7, 11) is 0. The van der Waals surface area contributed by atoms with E-state index in [1.165, 1.54) is 57.5 Å². The first-order chi connectivity index (χ1) is 49.9. The second-order valence-electron chi connectivity index (χ2n) is 27.9. The van der Waals surface area contributed by atoms with Crippen LogP contribution in [0.3, 0.4) is 0 Å². The summed E-state index contributed by atoms with van der Waals surface area (Å²) in [5.41, 5.74) is 23.5. The molecule has 10 nitrogen and oxygen atoms in total. The van der Waals surface area contributed by atoms with Crippen molar-refractivity contribution in [3.8, 4) is 17.2 Å². The summed E-state index contributed by atoms with van der Waals surface area (Å²) in [5.74, 6) is 0.771. The molecule has 0 radical (unpaired) electrons. The minimum Gasteiger partial charge on any atom is -0.508 e. The van der Waals surface area contributed by atoms with Gasteiger partial charge in [0.05, 0.1) is 0 Å². The lowest BCUT2D eigenvalue weighted by Crippen LogP contribution is -2.47. The van der Waals surface area contributed by atoms with Crippen molar-refractivity contribution in [1.29, 1.82) is 0 Å². The van der Waals surface area contributed by atoms with Crippen LogP contribution < -0.4 is 4.90 Å². The Morgan fingerprint density at radius 2 is 0.696 bits per heavy atom. The van der Waals surface area contributed by atoms with E-state index in [0.717, 1.165) is 157 Å². The summed E-state index contributed by atoms with van der Waals surface area (Å²) >= 11 is 0. The van der Waals surface area contributed by atoms with Gasteiger partial charge >= 0.3 is 0 Å². The number of aliphatic hydroxyl groups excluding tert-OH is 3. The number of benzene rings is 9. The summed E-state index contributed by atoms with van der Waals surface area (Å²) in [6.45, 7) is 18.1. The van der Waals surface area contributed by atoms with Gasteiger partial charge in [0.2, 0.25) is 0 Å². The maximum Gasteiger partial charge on any atom is 0.116 e. The highest BCUT2D eigenvalue weighted by Gasteiger charge is 2.31. The van der Waals surface area contributed by atoms with Gasteiger partial charge in [0.15, 0.2) is 0 Å². The molecule has 4 aliphatic rings. The predicted molar refractivity (Wildman–Crippen MR) is 425 cm³/mol. The summed E-state index contributed by atoms with van der Waals surface area (Å²) in [6.07, 6.45) is 14.0. The van der Waals surface area contributed by atoms with Gasteiger partial charge in [-0.05, 0) is 246 Å². The van der Waals surface area contributed by atoms with Gasteiger partial charge in [0, 0.05) is 96.0 Å². The lowest BCUT2D eigenvalue weighted by molar-refractivity contribution is 0.245.